The number of methoxy groups -OCH3 is 1. The lowest BCUT2D eigenvalue weighted by molar-refractivity contribution is -0.101. The molecule has 2 heterocycles. The van der Waals surface area contributed by atoms with Gasteiger partial charge in [0.05, 0.1) is 0 Å². The van der Waals surface area contributed by atoms with Gasteiger partial charge < -0.3 is 19.3 Å². The fraction of sp³-hybridized carbons (Fsp3) is 0.857. The van der Waals surface area contributed by atoms with Crippen molar-refractivity contribution in [1.29, 1.82) is 0 Å². The Morgan fingerprint density at radius 2 is 2.15 bits per heavy atom. The van der Waals surface area contributed by atoms with E-state index in [1.165, 1.54) is 0 Å². The number of likely N-dealkylation sites (N-methyl/N-ethyl adjacent to an activating group) is 1. The van der Waals surface area contributed by atoms with Crippen LogP contribution in [0.1, 0.15) is 44.3 Å². The highest BCUT2D eigenvalue weighted by Crippen LogP contribution is 2.33. The first-order chi connectivity index (χ1) is 9.74. The van der Waals surface area contributed by atoms with Crippen molar-refractivity contribution in [3.8, 4) is 0 Å². The number of nitrogens with zero attached hydrogens (tertiary/aromatic N) is 2. The molecule has 0 radical (unpaired) electrons. The summed E-state index contributed by atoms with van der Waals surface area (Å²) in [4.78, 5) is 4.55. The van der Waals surface area contributed by atoms with Crippen LogP contribution in [0.25, 0.3) is 0 Å². The first-order valence-electron chi connectivity index (χ1n) is 7.37. The van der Waals surface area contributed by atoms with Gasteiger partial charge in [0, 0.05) is 45.6 Å². The third-order valence-electron chi connectivity index (χ3n) is 4.03. The first-order valence-corrected chi connectivity index (χ1v) is 7.37. The number of nitrogens with one attached hydrogen (secondary N) is 1. The molecule has 1 aliphatic rings. The van der Waals surface area contributed by atoms with Gasteiger partial charge >= 0.3 is 0 Å². The molecule has 1 aromatic rings. The predicted molar refractivity (Wildman–Crippen MR) is 74.5 cm³/mol. The molecule has 0 saturated carbocycles. The van der Waals surface area contributed by atoms with Gasteiger partial charge in [-0.15, -0.1) is 0 Å². The minimum absolute atomic E-state index is 0.376. The van der Waals surface area contributed by atoms with Crippen LogP contribution in [0.5, 0.6) is 0 Å². The van der Waals surface area contributed by atoms with Crippen molar-refractivity contribution in [1.82, 2.24) is 15.5 Å². The molecule has 6 heteroatoms. The predicted octanol–water partition coefficient (Wildman–Crippen LogP) is 1.65. The Bertz CT molecular complexity index is 402. The monoisotopic (exact) mass is 283 g/mol. The van der Waals surface area contributed by atoms with E-state index in [4.69, 9.17) is 14.0 Å². The van der Waals surface area contributed by atoms with E-state index in [2.05, 4.69) is 22.4 Å². The summed E-state index contributed by atoms with van der Waals surface area (Å²) in [7, 11) is 3.67. The van der Waals surface area contributed by atoms with Gasteiger partial charge in [-0.1, -0.05) is 18.5 Å². The van der Waals surface area contributed by atoms with Crippen LogP contribution in [0.4, 0.5) is 0 Å². The fourth-order valence-corrected chi connectivity index (χ4v) is 2.65. The molecule has 1 saturated heterocycles. The Balaban J connectivity index is 2.07. The standard InChI is InChI=1S/C14H25N3O3/c1-4-5-11(15-2)10-12-16-13(17-20-12)14(18-3)6-8-19-9-7-14/h11,15H,4-10H2,1-3H3. The zero-order valence-electron chi connectivity index (χ0n) is 12.6. The summed E-state index contributed by atoms with van der Waals surface area (Å²) >= 11 is 0. The number of rotatable bonds is 7. The number of hydrogen-bond acceptors (Lipinski definition) is 6. The smallest absolute Gasteiger partial charge is 0.228 e. The molecule has 6 nitrogen and oxygen atoms in total. The van der Waals surface area contributed by atoms with Gasteiger partial charge in [0.15, 0.2) is 0 Å². The summed E-state index contributed by atoms with van der Waals surface area (Å²) in [6.45, 7) is 3.52. The van der Waals surface area contributed by atoms with Gasteiger partial charge in [0.25, 0.3) is 0 Å². The summed E-state index contributed by atoms with van der Waals surface area (Å²) < 4.78 is 16.5. The zero-order valence-corrected chi connectivity index (χ0v) is 12.6. The molecule has 0 spiro atoms. The number of aromatic nitrogens is 2. The minimum Gasteiger partial charge on any atom is -0.381 e. The van der Waals surface area contributed by atoms with Gasteiger partial charge in [0.2, 0.25) is 11.7 Å². The highest BCUT2D eigenvalue weighted by Gasteiger charge is 2.39. The fourth-order valence-electron chi connectivity index (χ4n) is 2.65. The van der Waals surface area contributed by atoms with Crippen molar-refractivity contribution in [3.63, 3.8) is 0 Å². The quantitative estimate of drug-likeness (QED) is 0.820. The van der Waals surface area contributed by atoms with Crippen molar-refractivity contribution in [3.05, 3.63) is 11.7 Å². The third-order valence-corrected chi connectivity index (χ3v) is 4.03. The van der Waals surface area contributed by atoms with E-state index >= 15 is 0 Å². The highest BCUT2D eigenvalue weighted by molar-refractivity contribution is 5.03. The van der Waals surface area contributed by atoms with Crippen molar-refractivity contribution in [2.45, 2.75) is 50.7 Å². The molecule has 1 atom stereocenters. The van der Waals surface area contributed by atoms with Crippen molar-refractivity contribution in [2.75, 3.05) is 27.4 Å². The van der Waals surface area contributed by atoms with Crippen molar-refractivity contribution >= 4 is 0 Å². The lowest BCUT2D eigenvalue weighted by Gasteiger charge is -2.32. The Labute approximate surface area is 120 Å². The Kier molecular flexibility index (Phi) is 5.51. The van der Waals surface area contributed by atoms with E-state index in [1.807, 2.05) is 7.05 Å². The molecular weight excluding hydrogens is 258 g/mol. The van der Waals surface area contributed by atoms with Gasteiger partial charge in [-0.25, -0.2) is 0 Å². The lowest BCUT2D eigenvalue weighted by atomic mass is 9.93. The molecule has 0 aliphatic carbocycles. The van der Waals surface area contributed by atoms with Crippen LogP contribution in [0.15, 0.2) is 4.52 Å². The maximum atomic E-state index is 5.68. The Morgan fingerprint density at radius 1 is 1.40 bits per heavy atom. The van der Waals surface area contributed by atoms with E-state index in [9.17, 15) is 0 Å². The average molecular weight is 283 g/mol. The molecule has 2 rings (SSSR count). The largest absolute Gasteiger partial charge is 0.381 e. The second-order valence-corrected chi connectivity index (χ2v) is 5.30. The highest BCUT2D eigenvalue weighted by atomic mass is 16.5. The molecule has 1 aromatic heterocycles. The zero-order chi connectivity index (χ0) is 14.4. The summed E-state index contributed by atoms with van der Waals surface area (Å²) in [6, 6.07) is 0.376. The van der Waals surface area contributed by atoms with Gasteiger partial charge in [-0.05, 0) is 13.5 Å². The molecule has 1 N–H and O–H groups in total. The Morgan fingerprint density at radius 3 is 2.75 bits per heavy atom. The molecule has 0 amide bonds. The summed E-state index contributed by atoms with van der Waals surface area (Å²) in [6.07, 6.45) is 4.52. The van der Waals surface area contributed by atoms with Crippen LogP contribution in [0, 0.1) is 0 Å². The van der Waals surface area contributed by atoms with E-state index in [0.29, 0.717) is 31.0 Å². The van der Waals surface area contributed by atoms with Gasteiger partial charge in [-0.2, -0.15) is 4.98 Å². The molecule has 0 bridgehead atoms. The van der Waals surface area contributed by atoms with E-state index in [1.54, 1.807) is 7.11 Å². The molecule has 0 aromatic carbocycles. The number of ether oxygens (including phenoxy) is 2. The SMILES string of the molecule is CCCC(Cc1nc(C2(OC)CCOCC2)no1)NC. The van der Waals surface area contributed by atoms with Crippen LogP contribution >= 0.6 is 0 Å². The molecule has 1 fully saturated rings. The second kappa shape index (κ2) is 7.15. The van der Waals surface area contributed by atoms with Crippen LogP contribution in [0.2, 0.25) is 0 Å². The molecule has 20 heavy (non-hydrogen) atoms. The van der Waals surface area contributed by atoms with Gasteiger partial charge in [-0.3, -0.25) is 0 Å². The summed E-state index contributed by atoms with van der Waals surface area (Å²) in [5.41, 5.74) is -0.445. The summed E-state index contributed by atoms with van der Waals surface area (Å²) in [5, 5.41) is 7.42. The molecule has 1 unspecified atom stereocenters. The summed E-state index contributed by atoms with van der Waals surface area (Å²) in [5.74, 6) is 1.33. The average Bonchev–Trinajstić information content (AvgIpc) is 2.96. The second-order valence-electron chi connectivity index (χ2n) is 5.30. The van der Waals surface area contributed by atoms with E-state index in [0.717, 1.165) is 32.1 Å². The molecule has 114 valence electrons. The topological polar surface area (TPSA) is 69.4 Å². The third kappa shape index (κ3) is 3.37. The normalized spacial score (nSPS) is 19.9. The van der Waals surface area contributed by atoms with Crippen LogP contribution in [-0.4, -0.2) is 43.6 Å². The first kappa shape index (κ1) is 15.4. The van der Waals surface area contributed by atoms with Crippen LogP contribution in [0.3, 0.4) is 0 Å². The van der Waals surface area contributed by atoms with Crippen LogP contribution in [-0.2, 0) is 21.5 Å². The van der Waals surface area contributed by atoms with Crippen LogP contribution < -0.4 is 5.32 Å². The lowest BCUT2D eigenvalue weighted by Crippen LogP contribution is -2.36. The van der Waals surface area contributed by atoms with E-state index < -0.39 is 5.60 Å². The molecular formula is C14H25N3O3. The minimum atomic E-state index is -0.445. The molecule has 1 aliphatic heterocycles. The maximum Gasteiger partial charge on any atom is 0.228 e. The van der Waals surface area contributed by atoms with Crippen molar-refractivity contribution < 1.29 is 14.0 Å². The number of hydrogen-bond donors (Lipinski definition) is 1. The van der Waals surface area contributed by atoms with Crippen molar-refractivity contribution in [2.24, 2.45) is 0 Å². The van der Waals surface area contributed by atoms with E-state index in [-0.39, 0.29) is 0 Å². The van der Waals surface area contributed by atoms with Gasteiger partial charge in [0.1, 0.15) is 5.60 Å². The maximum absolute atomic E-state index is 5.68. The Hall–Kier alpha value is -0.980.